The van der Waals surface area contributed by atoms with Crippen molar-refractivity contribution in [1.82, 2.24) is 25.1 Å². The van der Waals surface area contributed by atoms with E-state index in [0.29, 0.717) is 19.5 Å². The van der Waals surface area contributed by atoms with Crippen LogP contribution in [0.15, 0.2) is 66.6 Å². The van der Waals surface area contributed by atoms with Gasteiger partial charge in [-0.1, -0.05) is 18.2 Å². The smallest absolute Gasteiger partial charge is 0.224 e. The first-order valence-electron chi connectivity index (χ1n) is 10.0. The van der Waals surface area contributed by atoms with E-state index in [1.54, 1.807) is 29.9 Å². The summed E-state index contributed by atoms with van der Waals surface area (Å²) in [5.74, 6) is -0.00316. The highest BCUT2D eigenvalue weighted by Crippen LogP contribution is 2.33. The number of hydrogen-bond donors (Lipinski definition) is 1. The van der Waals surface area contributed by atoms with Crippen LogP contribution in [-0.4, -0.2) is 46.3 Å². The average molecular weight is 433 g/mol. The highest BCUT2D eigenvalue weighted by atomic mass is 32.1. The minimum Gasteiger partial charge on any atom is -0.378 e. The highest BCUT2D eigenvalue weighted by Gasteiger charge is 2.16. The zero-order valence-corrected chi connectivity index (χ0v) is 18.3. The number of hydrogen-bond acceptors (Lipinski definition) is 6. The second kappa shape index (κ2) is 9.53. The second-order valence-electron chi connectivity index (χ2n) is 7.29. The summed E-state index contributed by atoms with van der Waals surface area (Å²) in [7, 11) is 3.99. The molecule has 1 amide bonds. The molecule has 8 heteroatoms. The van der Waals surface area contributed by atoms with E-state index in [0.717, 1.165) is 33.1 Å². The van der Waals surface area contributed by atoms with Crippen molar-refractivity contribution in [3.63, 3.8) is 0 Å². The average Bonchev–Trinajstić information content (AvgIpc) is 3.44. The van der Waals surface area contributed by atoms with Gasteiger partial charge in [-0.25, -0.2) is 0 Å². The van der Waals surface area contributed by atoms with Crippen molar-refractivity contribution in [2.75, 3.05) is 25.5 Å². The summed E-state index contributed by atoms with van der Waals surface area (Å²) in [6, 6.07) is 12.1. The lowest BCUT2D eigenvalue weighted by Gasteiger charge is -2.13. The molecule has 0 saturated carbocycles. The Morgan fingerprint density at radius 2 is 1.97 bits per heavy atom. The summed E-state index contributed by atoms with van der Waals surface area (Å²) in [5.41, 5.74) is 4.81. The van der Waals surface area contributed by atoms with Gasteiger partial charge in [-0.3, -0.25) is 19.4 Å². The molecular formula is C23H24N6OS. The van der Waals surface area contributed by atoms with Gasteiger partial charge in [-0.15, -0.1) is 11.3 Å². The molecule has 7 nitrogen and oxygen atoms in total. The molecule has 3 aromatic heterocycles. The quantitative estimate of drug-likeness (QED) is 0.461. The SMILES string of the molecule is CN(C)c1ccc(CC(=O)NCCn2ncc(-c3cnccn3)c2-c2cccs2)cc1. The van der Waals surface area contributed by atoms with Crippen molar-refractivity contribution in [1.29, 1.82) is 0 Å². The number of nitrogens with zero attached hydrogens (tertiary/aromatic N) is 5. The minimum atomic E-state index is -0.00316. The van der Waals surface area contributed by atoms with Gasteiger partial charge in [0.25, 0.3) is 0 Å². The summed E-state index contributed by atoms with van der Waals surface area (Å²) in [5, 5.41) is 9.60. The lowest BCUT2D eigenvalue weighted by molar-refractivity contribution is -0.120. The molecule has 0 aliphatic heterocycles. The Labute approximate surface area is 185 Å². The van der Waals surface area contributed by atoms with Gasteiger partial charge in [-0.2, -0.15) is 5.10 Å². The molecule has 0 fully saturated rings. The number of aromatic nitrogens is 4. The third-order valence-corrected chi connectivity index (χ3v) is 5.77. The molecule has 0 bridgehead atoms. The van der Waals surface area contributed by atoms with Crippen LogP contribution in [0.5, 0.6) is 0 Å². The monoisotopic (exact) mass is 432 g/mol. The third kappa shape index (κ3) is 4.97. The first-order valence-corrected chi connectivity index (χ1v) is 10.9. The largest absolute Gasteiger partial charge is 0.378 e. The number of carbonyl (C=O) groups is 1. The Kier molecular flexibility index (Phi) is 6.37. The Hall–Kier alpha value is -3.52. The lowest BCUT2D eigenvalue weighted by atomic mass is 10.1. The van der Waals surface area contributed by atoms with Crippen molar-refractivity contribution in [2.45, 2.75) is 13.0 Å². The van der Waals surface area contributed by atoms with Crippen molar-refractivity contribution in [2.24, 2.45) is 0 Å². The van der Waals surface area contributed by atoms with Crippen LogP contribution in [0.3, 0.4) is 0 Å². The number of anilines is 1. The molecule has 1 N–H and O–H groups in total. The number of rotatable bonds is 8. The molecule has 0 unspecified atom stereocenters. The molecule has 1 aromatic carbocycles. The molecular weight excluding hydrogens is 408 g/mol. The summed E-state index contributed by atoms with van der Waals surface area (Å²) in [6.45, 7) is 1.06. The van der Waals surface area contributed by atoms with E-state index in [2.05, 4.69) is 26.4 Å². The predicted molar refractivity (Wildman–Crippen MR) is 124 cm³/mol. The molecule has 3 heterocycles. The van der Waals surface area contributed by atoms with Gasteiger partial charge in [0.2, 0.25) is 5.91 Å². The number of benzene rings is 1. The lowest BCUT2D eigenvalue weighted by Crippen LogP contribution is -2.29. The summed E-state index contributed by atoms with van der Waals surface area (Å²) in [4.78, 5) is 24.1. The Morgan fingerprint density at radius 1 is 1.13 bits per heavy atom. The molecule has 0 aliphatic rings. The van der Waals surface area contributed by atoms with E-state index in [9.17, 15) is 4.79 Å². The van der Waals surface area contributed by atoms with Crippen LogP contribution in [0.25, 0.3) is 21.8 Å². The third-order valence-electron chi connectivity index (χ3n) is 4.90. The molecule has 0 radical (unpaired) electrons. The molecule has 0 aliphatic carbocycles. The van der Waals surface area contributed by atoms with E-state index in [1.165, 1.54) is 0 Å². The van der Waals surface area contributed by atoms with Gasteiger partial charge in [-0.05, 0) is 29.1 Å². The van der Waals surface area contributed by atoms with Gasteiger partial charge in [0.15, 0.2) is 0 Å². The molecule has 0 saturated heterocycles. The summed E-state index contributed by atoms with van der Waals surface area (Å²) in [6.07, 6.45) is 7.24. The Morgan fingerprint density at radius 3 is 2.65 bits per heavy atom. The second-order valence-corrected chi connectivity index (χ2v) is 8.23. The van der Waals surface area contributed by atoms with Gasteiger partial charge >= 0.3 is 0 Å². The van der Waals surface area contributed by atoms with Crippen LogP contribution in [0.4, 0.5) is 5.69 Å². The standard InChI is InChI=1S/C23H24N6OS/c1-28(2)18-7-5-17(6-8-18)14-22(30)26-11-12-29-23(21-4-3-13-31-21)19(15-27-29)20-16-24-9-10-25-20/h3-10,13,15-16H,11-12,14H2,1-2H3,(H,26,30). The zero-order valence-electron chi connectivity index (χ0n) is 17.5. The van der Waals surface area contributed by atoms with Crippen LogP contribution >= 0.6 is 11.3 Å². The van der Waals surface area contributed by atoms with E-state index < -0.39 is 0 Å². The number of nitrogens with one attached hydrogen (secondary N) is 1. The maximum Gasteiger partial charge on any atom is 0.224 e. The Bertz CT molecular complexity index is 1120. The Balaban J connectivity index is 1.42. The topological polar surface area (TPSA) is 75.9 Å². The van der Waals surface area contributed by atoms with E-state index in [4.69, 9.17) is 0 Å². The normalized spacial score (nSPS) is 10.8. The highest BCUT2D eigenvalue weighted by molar-refractivity contribution is 7.13. The van der Waals surface area contributed by atoms with Crippen molar-refractivity contribution in [3.05, 3.63) is 72.1 Å². The van der Waals surface area contributed by atoms with E-state index >= 15 is 0 Å². The van der Waals surface area contributed by atoms with Crippen molar-refractivity contribution >= 4 is 22.9 Å². The van der Waals surface area contributed by atoms with E-state index in [1.807, 2.05) is 65.6 Å². The van der Waals surface area contributed by atoms with Crippen LogP contribution < -0.4 is 10.2 Å². The van der Waals surface area contributed by atoms with Gasteiger partial charge < -0.3 is 10.2 Å². The molecule has 4 aromatic rings. The summed E-state index contributed by atoms with van der Waals surface area (Å²) >= 11 is 1.65. The molecule has 31 heavy (non-hydrogen) atoms. The first-order chi connectivity index (χ1) is 15.1. The van der Waals surface area contributed by atoms with Gasteiger partial charge in [0.1, 0.15) is 0 Å². The van der Waals surface area contributed by atoms with Crippen molar-refractivity contribution < 1.29 is 4.79 Å². The van der Waals surface area contributed by atoms with Crippen LogP contribution in [0, 0.1) is 0 Å². The predicted octanol–water partition coefficient (Wildman–Crippen LogP) is 3.49. The zero-order chi connectivity index (χ0) is 21.6. The maximum absolute atomic E-state index is 12.4. The molecule has 4 rings (SSSR count). The summed E-state index contributed by atoms with van der Waals surface area (Å²) < 4.78 is 1.92. The van der Waals surface area contributed by atoms with Gasteiger partial charge in [0.05, 0.1) is 41.6 Å². The molecule has 0 atom stereocenters. The van der Waals surface area contributed by atoms with Crippen LogP contribution in [-0.2, 0) is 17.8 Å². The minimum absolute atomic E-state index is 0.00316. The first kappa shape index (κ1) is 20.7. The fourth-order valence-electron chi connectivity index (χ4n) is 3.31. The number of amides is 1. The van der Waals surface area contributed by atoms with Crippen LogP contribution in [0.1, 0.15) is 5.56 Å². The molecule has 158 valence electrons. The molecule has 0 spiro atoms. The van der Waals surface area contributed by atoms with Crippen LogP contribution in [0.2, 0.25) is 0 Å². The fourth-order valence-corrected chi connectivity index (χ4v) is 4.10. The fraction of sp³-hybridized carbons (Fsp3) is 0.217. The number of thiophene rings is 1. The maximum atomic E-state index is 12.4. The van der Waals surface area contributed by atoms with E-state index in [-0.39, 0.29) is 5.91 Å². The number of carbonyl (C=O) groups excluding carboxylic acids is 1. The van der Waals surface area contributed by atoms with Gasteiger partial charge in [0, 0.05) is 44.3 Å². The van der Waals surface area contributed by atoms with Crippen molar-refractivity contribution in [3.8, 4) is 21.8 Å².